The van der Waals surface area contributed by atoms with Gasteiger partial charge in [-0.3, -0.25) is 9.59 Å². The zero-order valence-corrected chi connectivity index (χ0v) is 28.4. The van der Waals surface area contributed by atoms with E-state index >= 15 is 0 Å². The number of thioether (sulfide) groups is 1. The molecule has 0 aliphatic carbocycles. The Bertz CT molecular complexity index is 1650. The van der Waals surface area contributed by atoms with Gasteiger partial charge in [-0.15, -0.1) is 0 Å². The van der Waals surface area contributed by atoms with E-state index in [1.165, 1.54) is 0 Å². The van der Waals surface area contributed by atoms with Crippen LogP contribution in [0, 0.1) is 0 Å². The quantitative estimate of drug-likeness (QED) is 0.0664. The second kappa shape index (κ2) is 18.5. The normalized spacial score (nSPS) is 17.4. The molecule has 3 atom stereocenters. The Balaban J connectivity index is 1.12. The van der Waals surface area contributed by atoms with E-state index in [1.54, 1.807) is 23.9 Å². The first-order valence-electron chi connectivity index (χ1n) is 16.7. The summed E-state index contributed by atoms with van der Waals surface area (Å²) in [7, 11) is 0. The van der Waals surface area contributed by atoms with E-state index in [4.69, 9.17) is 15.2 Å². The van der Waals surface area contributed by atoms with Gasteiger partial charge in [0.25, 0.3) is 0 Å². The summed E-state index contributed by atoms with van der Waals surface area (Å²) in [5.41, 5.74) is 12.9. The minimum absolute atomic E-state index is 0.00256. The Hall–Kier alpha value is -4.19. The number of nitrogen functional groups attached to an aromatic ring is 1. The second-order valence-corrected chi connectivity index (χ2v) is 13.2. The van der Waals surface area contributed by atoms with Gasteiger partial charge in [-0.05, 0) is 58.9 Å². The number of benzene rings is 4. The molecule has 4 aromatic carbocycles. The molecule has 9 nitrogen and oxygen atoms in total. The first kappa shape index (κ1) is 36.1. The van der Waals surface area contributed by atoms with Crippen molar-refractivity contribution in [1.82, 2.24) is 5.32 Å². The molecule has 0 saturated carbocycles. The smallest absolute Gasteiger partial charge is 0.224 e. The Morgan fingerprint density at radius 1 is 0.796 bits per heavy atom. The van der Waals surface area contributed by atoms with Crippen molar-refractivity contribution in [2.45, 2.75) is 63.8 Å². The van der Waals surface area contributed by atoms with Crippen LogP contribution in [0.15, 0.2) is 97.1 Å². The molecule has 4 aromatic rings. The summed E-state index contributed by atoms with van der Waals surface area (Å²) in [6.45, 7) is 0.544. The molecule has 10 heteroatoms. The van der Waals surface area contributed by atoms with Crippen LogP contribution >= 0.6 is 11.8 Å². The standard InChI is InChI=1S/C39H45N3O6S/c40-34-8-1-2-9-35(34)42-38(46)11-4-3-10-37(45)41-24-28-6-5-7-32(22-28)29-16-18-31(19-17-29)39-47-33(26-49-21-20-43)23-36(48-39)30-14-12-27(25-44)13-15-30/h1-2,5-9,12-19,22,33,36,39,43-44H,3-4,10-11,20-21,23-26,40H2,(H,41,45)(H,42,46)/t33-,36+,39+/m1/s1. The van der Waals surface area contributed by atoms with Crippen molar-refractivity contribution in [2.75, 3.05) is 29.2 Å². The van der Waals surface area contributed by atoms with Gasteiger partial charge in [0, 0.05) is 42.9 Å². The molecule has 1 aliphatic heterocycles. The maximum Gasteiger partial charge on any atom is 0.224 e. The van der Waals surface area contributed by atoms with Gasteiger partial charge in [0.1, 0.15) is 0 Å². The number of hydrogen-bond acceptors (Lipinski definition) is 8. The summed E-state index contributed by atoms with van der Waals surface area (Å²) in [4.78, 5) is 24.7. The molecule has 258 valence electrons. The lowest BCUT2D eigenvalue weighted by Crippen LogP contribution is -2.31. The summed E-state index contributed by atoms with van der Waals surface area (Å²) in [6.07, 6.45) is 1.87. The molecule has 0 spiro atoms. The third-order valence-corrected chi connectivity index (χ3v) is 9.46. The van der Waals surface area contributed by atoms with Crippen LogP contribution in [0.2, 0.25) is 0 Å². The Morgan fingerprint density at radius 2 is 1.53 bits per heavy atom. The van der Waals surface area contributed by atoms with E-state index < -0.39 is 6.29 Å². The fourth-order valence-corrected chi connectivity index (χ4v) is 6.45. The summed E-state index contributed by atoms with van der Waals surface area (Å²) in [5.74, 6) is 1.25. The number of carbonyl (C=O) groups is 2. The van der Waals surface area contributed by atoms with Crippen molar-refractivity contribution >= 4 is 35.0 Å². The molecule has 1 aliphatic rings. The first-order valence-corrected chi connectivity index (χ1v) is 17.9. The van der Waals surface area contributed by atoms with E-state index in [0.29, 0.717) is 55.8 Å². The molecule has 0 bridgehead atoms. The van der Waals surface area contributed by atoms with E-state index in [9.17, 15) is 19.8 Å². The Labute approximate surface area is 292 Å². The van der Waals surface area contributed by atoms with Crippen molar-refractivity contribution in [3.8, 4) is 11.1 Å². The van der Waals surface area contributed by atoms with Crippen LogP contribution in [-0.2, 0) is 32.2 Å². The monoisotopic (exact) mass is 683 g/mol. The van der Waals surface area contributed by atoms with Crippen LogP contribution in [0.1, 0.15) is 66.8 Å². The average molecular weight is 684 g/mol. The zero-order valence-electron chi connectivity index (χ0n) is 27.6. The fourth-order valence-electron chi connectivity index (χ4n) is 5.68. The number of hydrogen-bond donors (Lipinski definition) is 5. The van der Waals surface area contributed by atoms with Crippen LogP contribution < -0.4 is 16.4 Å². The van der Waals surface area contributed by atoms with Crippen molar-refractivity contribution in [1.29, 1.82) is 0 Å². The number of amides is 2. The van der Waals surface area contributed by atoms with Crippen molar-refractivity contribution in [3.63, 3.8) is 0 Å². The average Bonchev–Trinajstić information content (AvgIpc) is 3.14. The second-order valence-electron chi connectivity index (χ2n) is 12.1. The van der Waals surface area contributed by atoms with Crippen LogP contribution in [0.5, 0.6) is 0 Å². The highest BCUT2D eigenvalue weighted by Crippen LogP contribution is 2.39. The van der Waals surface area contributed by atoms with Crippen molar-refractivity contribution in [2.24, 2.45) is 0 Å². The van der Waals surface area contributed by atoms with Gasteiger partial charge in [-0.2, -0.15) is 11.8 Å². The van der Waals surface area contributed by atoms with Crippen LogP contribution in [0.25, 0.3) is 11.1 Å². The van der Waals surface area contributed by atoms with Gasteiger partial charge < -0.3 is 36.1 Å². The molecule has 0 aromatic heterocycles. The number of ether oxygens (including phenoxy) is 2. The zero-order chi connectivity index (χ0) is 34.4. The number of unbranched alkanes of at least 4 members (excludes halogenated alkanes) is 1. The van der Waals surface area contributed by atoms with Gasteiger partial charge in [-0.25, -0.2) is 0 Å². The number of carbonyl (C=O) groups excluding carboxylic acids is 2. The van der Waals surface area contributed by atoms with E-state index in [-0.39, 0.29) is 37.2 Å². The molecule has 1 saturated heterocycles. The highest BCUT2D eigenvalue weighted by molar-refractivity contribution is 7.99. The molecule has 6 N–H and O–H groups in total. The van der Waals surface area contributed by atoms with Gasteiger partial charge in [0.15, 0.2) is 6.29 Å². The van der Waals surface area contributed by atoms with E-state index in [0.717, 1.165) is 39.1 Å². The molecular weight excluding hydrogens is 639 g/mol. The van der Waals surface area contributed by atoms with Crippen molar-refractivity contribution < 1.29 is 29.3 Å². The minimum Gasteiger partial charge on any atom is -0.397 e. The summed E-state index contributed by atoms with van der Waals surface area (Å²) in [6, 6.07) is 31.2. The number of aliphatic hydroxyl groups excluding tert-OH is 2. The SMILES string of the molecule is Nc1ccccc1NC(=O)CCCCC(=O)NCc1cccc(-c2ccc([C@H]3O[C@@H](CSCCO)C[C@@H](c4ccc(CO)cc4)O3)cc2)c1. The number of anilines is 2. The van der Waals surface area contributed by atoms with Gasteiger partial charge in [0.05, 0.1) is 36.8 Å². The maximum absolute atomic E-state index is 12.5. The number of rotatable bonds is 16. The molecular formula is C39H45N3O6S. The lowest BCUT2D eigenvalue weighted by Gasteiger charge is -2.36. The number of nitrogens with one attached hydrogen (secondary N) is 2. The molecule has 5 rings (SSSR count). The fraction of sp³-hybridized carbons (Fsp3) is 0.333. The molecule has 0 unspecified atom stereocenters. The summed E-state index contributed by atoms with van der Waals surface area (Å²) < 4.78 is 12.8. The van der Waals surface area contributed by atoms with E-state index in [2.05, 4.69) is 28.8 Å². The number of aliphatic hydroxyl groups is 2. The molecule has 0 radical (unpaired) electrons. The number of nitrogens with two attached hydrogens (primary N) is 1. The molecule has 49 heavy (non-hydrogen) atoms. The maximum atomic E-state index is 12.5. The Kier molecular flexibility index (Phi) is 13.7. The third-order valence-electron chi connectivity index (χ3n) is 8.38. The van der Waals surface area contributed by atoms with Crippen molar-refractivity contribution in [3.05, 3.63) is 119 Å². The van der Waals surface area contributed by atoms with Gasteiger partial charge in [0.2, 0.25) is 11.8 Å². The summed E-state index contributed by atoms with van der Waals surface area (Å²) >= 11 is 1.67. The molecule has 2 amide bonds. The van der Waals surface area contributed by atoms with Gasteiger partial charge in [-0.1, -0.05) is 78.9 Å². The van der Waals surface area contributed by atoms with Crippen LogP contribution in [0.3, 0.4) is 0 Å². The first-order chi connectivity index (χ1) is 23.9. The highest BCUT2D eigenvalue weighted by atomic mass is 32.2. The van der Waals surface area contributed by atoms with E-state index in [1.807, 2.05) is 66.7 Å². The molecule has 1 heterocycles. The lowest BCUT2D eigenvalue weighted by molar-refractivity contribution is -0.245. The topological polar surface area (TPSA) is 143 Å². The minimum atomic E-state index is -0.538. The van der Waals surface area contributed by atoms with Gasteiger partial charge >= 0.3 is 0 Å². The summed E-state index contributed by atoms with van der Waals surface area (Å²) in [5, 5.41) is 24.5. The predicted molar refractivity (Wildman–Crippen MR) is 195 cm³/mol. The lowest BCUT2D eigenvalue weighted by atomic mass is 9.99. The highest BCUT2D eigenvalue weighted by Gasteiger charge is 2.32. The largest absolute Gasteiger partial charge is 0.397 e. The predicted octanol–water partition coefficient (Wildman–Crippen LogP) is 6.51. The molecule has 1 fully saturated rings. The Morgan fingerprint density at radius 3 is 2.27 bits per heavy atom. The van der Waals surface area contributed by atoms with Crippen LogP contribution in [0.4, 0.5) is 11.4 Å². The van der Waals surface area contributed by atoms with Crippen LogP contribution in [-0.4, -0.2) is 46.2 Å². The third kappa shape index (κ3) is 10.9. The number of para-hydroxylation sites is 2.